The number of amides is 1. The molecule has 1 amide bonds. The third kappa shape index (κ3) is 2.31. The number of rotatable bonds is 1. The summed E-state index contributed by atoms with van der Waals surface area (Å²) < 4.78 is 1.04. The minimum Gasteiger partial charge on any atom is -0.307 e. The van der Waals surface area contributed by atoms with E-state index in [4.69, 9.17) is 0 Å². The Balaban J connectivity index is 2.02. The number of hydrogen-bond donors (Lipinski definition) is 0. The Labute approximate surface area is 131 Å². The summed E-state index contributed by atoms with van der Waals surface area (Å²) in [6.07, 6.45) is 2.10. The van der Waals surface area contributed by atoms with Crippen LogP contribution < -0.4 is 4.90 Å². The van der Waals surface area contributed by atoms with Gasteiger partial charge < -0.3 is 4.90 Å². The van der Waals surface area contributed by atoms with Crippen molar-refractivity contribution < 1.29 is 4.79 Å². The standard InChI is InChI=1S/C16H16BrNOS/c1-10-5-3-6-12-7-4-8-18(14(10)12)16(19)13-9-11(2)15(17)20-13/h3,5-6,9H,4,7-8H2,1-2H3. The van der Waals surface area contributed by atoms with Crippen molar-refractivity contribution in [3.05, 3.63) is 49.6 Å². The molecule has 0 saturated carbocycles. The first-order valence-electron chi connectivity index (χ1n) is 6.74. The highest BCUT2D eigenvalue weighted by atomic mass is 79.9. The SMILES string of the molecule is Cc1cc(C(=O)N2CCCc3cccc(C)c32)sc1Br. The van der Waals surface area contributed by atoms with Crippen molar-refractivity contribution in [3.63, 3.8) is 0 Å². The van der Waals surface area contributed by atoms with Crippen LogP contribution in [0.5, 0.6) is 0 Å². The average molecular weight is 350 g/mol. The summed E-state index contributed by atoms with van der Waals surface area (Å²) in [7, 11) is 0. The highest BCUT2D eigenvalue weighted by molar-refractivity contribution is 9.11. The summed E-state index contributed by atoms with van der Waals surface area (Å²) in [5.74, 6) is 0.124. The fraction of sp³-hybridized carbons (Fsp3) is 0.312. The zero-order chi connectivity index (χ0) is 14.3. The van der Waals surface area contributed by atoms with Gasteiger partial charge in [0.15, 0.2) is 0 Å². The molecular formula is C16H16BrNOS. The van der Waals surface area contributed by atoms with Gasteiger partial charge in [-0.15, -0.1) is 11.3 Å². The van der Waals surface area contributed by atoms with E-state index in [1.54, 1.807) is 0 Å². The van der Waals surface area contributed by atoms with Gasteiger partial charge in [0.25, 0.3) is 5.91 Å². The molecule has 0 atom stereocenters. The molecule has 0 unspecified atom stereocenters. The van der Waals surface area contributed by atoms with Crippen LogP contribution >= 0.6 is 27.3 Å². The Bertz CT molecular complexity index is 658. The Morgan fingerprint density at radius 2 is 2.10 bits per heavy atom. The Morgan fingerprint density at radius 1 is 1.30 bits per heavy atom. The molecule has 0 saturated heterocycles. The van der Waals surface area contributed by atoms with Gasteiger partial charge in [-0.1, -0.05) is 18.2 Å². The summed E-state index contributed by atoms with van der Waals surface area (Å²) >= 11 is 5.02. The van der Waals surface area contributed by atoms with E-state index in [0.29, 0.717) is 0 Å². The summed E-state index contributed by atoms with van der Waals surface area (Å²) in [4.78, 5) is 15.6. The second-order valence-electron chi connectivity index (χ2n) is 5.21. The predicted octanol–water partition coefficient (Wildman–Crippen LogP) is 4.72. The molecule has 0 bridgehead atoms. The molecule has 0 radical (unpaired) electrons. The lowest BCUT2D eigenvalue weighted by molar-refractivity contribution is 0.0989. The lowest BCUT2D eigenvalue weighted by atomic mass is 9.98. The molecule has 0 spiro atoms. The number of anilines is 1. The van der Waals surface area contributed by atoms with Gasteiger partial charge in [0.1, 0.15) is 0 Å². The number of halogens is 1. The van der Waals surface area contributed by atoms with Crippen LogP contribution in [0.3, 0.4) is 0 Å². The molecule has 3 rings (SSSR count). The maximum atomic E-state index is 12.8. The Hall–Kier alpha value is -1.13. The Morgan fingerprint density at radius 3 is 2.80 bits per heavy atom. The molecule has 104 valence electrons. The van der Waals surface area contributed by atoms with Gasteiger partial charge >= 0.3 is 0 Å². The fourth-order valence-corrected chi connectivity index (χ4v) is 4.23. The van der Waals surface area contributed by atoms with Crippen LogP contribution in [0.1, 0.15) is 32.8 Å². The molecule has 1 aliphatic rings. The molecular weight excluding hydrogens is 334 g/mol. The van der Waals surface area contributed by atoms with Crippen molar-refractivity contribution in [2.24, 2.45) is 0 Å². The normalized spacial score (nSPS) is 14.2. The quantitative estimate of drug-likeness (QED) is 0.729. The van der Waals surface area contributed by atoms with E-state index < -0.39 is 0 Å². The van der Waals surface area contributed by atoms with Crippen molar-refractivity contribution in [3.8, 4) is 0 Å². The average Bonchev–Trinajstić information content (AvgIpc) is 2.78. The van der Waals surface area contributed by atoms with Crippen molar-refractivity contribution >= 4 is 38.9 Å². The Kier molecular flexibility index (Phi) is 3.69. The molecule has 1 aliphatic heterocycles. The third-order valence-electron chi connectivity index (χ3n) is 3.73. The number of carbonyl (C=O) groups excluding carboxylic acids is 1. The minimum absolute atomic E-state index is 0.124. The van der Waals surface area contributed by atoms with Gasteiger partial charge in [0, 0.05) is 6.54 Å². The highest BCUT2D eigenvalue weighted by Gasteiger charge is 2.26. The second-order valence-corrected chi connectivity index (χ2v) is 7.58. The first kappa shape index (κ1) is 13.8. The summed E-state index contributed by atoms with van der Waals surface area (Å²) in [6, 6.07) is 8.27. The first-order valence-corrected chi connectivity index (χ1v) is 8.35. The summed E-state index contributed by atoms with van der Waals surface area (Å²) in [6.45, 7) is 4.91. The topological polar surface area (TPSA) is 20.3 Å². The zero-order valence-corrected chi connectivity index (χ0v) is 14.0. The van der Waals surface area contributed by atoms with Crippen molar-refractivity contribution in [2.45, 2.75) is 26.7 Å². The van der Waals surface area contributed by atoms with Crippen LogP contribution in [0.25, 0.3) is 0 Å². The molecule has 1 aromatic carbocycles. The van der Waals surface area contributed by atoms with Crippen molar-refractivity contribution in [1.29, 1.82) is 0 Å². The van der Waals surface area contributed by atoms with Gasteiger partial charge in [0.05, 0.1) is 14.4 Å². The molecule has 2 nitrogen and oxygen atoms in total. The van der Waals surface area contributed by atoms with Crippen LogP contribution in [-0.4, -0.2) is 12.5 Å². The van der Waals surface area contributed by atoms with Crippen LogP contribution in [0, 0.1) is 13.8 Å². The first-order chi connectivity index (χ1) is 9.58. The maximum Gasteiger partial charge on any atom is 0.268 e. The summed E-state index contributed by atoms with van der Waals surface area (Å²) in [5, 5.41) is 0. The number of fused-ring (bicyclic) bond motifs is 1. The lowest BCUT2D eigenvalue weighted by Crippen LogP contribution is -2.35. The number of aryl methyl sites for hydroxylation is 3. The van der Waals surface area contributed by atoms with Crippen molar-refractivity contribution in [1.82, 2.24) is 0 Å². The van der Waals surface area contributed by atoms with E-state index in [1.807, 2.05) is 17.9 Å². The van der Waals surface area contributed by atoms with Gasteiger partial charge in [-0.3, -0.25) is 4.79 Å². The van der Waals surface area contributed by atoms with E-state index in [2.05, 4.69) is 41.1 Å². The third-order valence-corrected chi connectivity index (χ3v) is 5.86. The number of benzene rings is 1. The van der Waals surface area contributed by atoms with Gasteiger partial charge in [-0.2, -0.15) is 0 Å². The highest BCUT2D eigenvalue weighted by Crippen LogP contribution is 2.34. The zero-order valence-electron chi connectivity index (χ0n) is 11.6. The molecule has 2 aromatic rings. The fourth-order valence-electron chi connectivity index (χ4n) is 2.75. The number of para-hydroxylation sites is 1. The largest absolute Gasteiger partial charge is 0.307 e. The molecule has 2 heterocycles. The smallest absolute Gasteiger partial charge is 0.268 e. The van der Waals surface area contributed by atoms with Crippen LogP contribution in [0.2, 0.25) is 0 Å². The molecule has 0 aliphatic carbocycles. The van der Waals surface area contributed by atoms with Gasteiger partial charge in [0.2, 0.25) is 0 Å². The van der Waals surface area contributed by atoms with E-state index in [-0.39, 0.29) is 5.91 Å². The maximum absolute atomic E-state index is 12.8. The number of hydrogen-bond acceptors (Lipinski definition) is 2. The van der Waals surface area contributed by atoms with E-state index in [9.17, 15) is 4.79 Å². The molecule has 0 N–H and O–H groups in total. The van der Waals surface area contributed by atoms with E-state index in [0.717, 1.165) is 39.3 Å². The van der Waals surface area contributed by atoms with E-state index >= 15 is 0 Å². The number of nitrogens with zero attached hydrogens (tertiary/aromatic N) is 1. The van der Waals surface area contributed by atoms with E-state index in [1.165, 1.54) is 22.5 Å². The van der Waals surface area contributed by atoms with Crippen molar-refractivity contribution in [2.75, 3.05) is 11.4 Å². The molecule has 0 fully saturated rings. The minimum atomic E-state index is 0.124. The molecule has 1 aromatic heterocycles. The number of thiophene rings is 1. The summed E-state index contributed by atoms with van der Waals surface area (Å²) in [5.41, 5.74) is 4.71. The van der Waals surface area contributed by atoms with Gasteiger partial charge in [-0.05, 0) is 65.4 Å². The van der Waals surface area contributed by atoms with Crippen LogP contribution in [-0.2, 0) is 6.42 Å². The van der Waals surface area contributed by atoms with Crippen LogP contribution in [0.4, 0.5) is 5.69 Å². The second kappa shape index (κ2) is 5.34. The molecule has 4 heteroatoms. The number of carbonyl (C=O) groups is 1. The predicted molar refractivity (Wildman–Crippen MR) is 87.9 cm³/mol. The monoisotopic (exact) mass is 349 g/mol. The van der Waals surface area contributed by atoms with Gasteiger partial charge in [-0.25, -0.2) is 0 Å². The molecule has 20 heavy (non-hydrogen) atoms. The van der Waals surface area contributed by atoms with Crippen LogP contribution in [0.15, 0.2) is 28.1 Å². The lowest BCUT2D eigenvalue weighted by Gasteiger charge is -2.30.